The molecule has 0 bridgehead atoms. The molecule has 3 rings (SSSR count). The summed E-state index contributed by atoms with van der Waals surface area (Å²) < 4.78 is 34.3. The fraction of sp³-hybridized carbons (Fsp3) is 0.250. The maximum absolute atomic E-state index is 14.0. The number of nitrogen functional groups attached to an aromatic ring is 1. The minimum atomic E-state index is -0.565. The summed E-state index contributed by atoms with van der Waals surface area (Å²) in [7, 11) is 0. The molecule has 0 atom stereocenters. The van der Waals surface area contributed by atoms with Gasteiger partial charge in [-0.3, -0.25) is 0 Å². The molecular formula is C12H10BrF2N3O. The molecule has 0 radical (unpaired) electrons. The van der Waals surface area contributed by atoms with Crippen molar-refractivity contribution in [2.75, 3.05) is 12.3 Å². The zero-order valence-corrected chi connectivity index (χ0v) is 11.4. The second kappa shape index (κ2) is 4.57. The van der Waals surface area contributed by atoms with Gasteiger partial charge in [-0.1, -0.05) is 0 Å². The third-order valence-corrected chi connectivity index (χ3v) is 3.68. The molecule has 2 aromatic rings. The van der Waals surface area contributed by atoms with Crippen molar-refractivity contribution in [1.82, 2.24) is 9.78 Å². The van der Waals surface area contributed by atoms with Crippen LogP contribution in [0, 0.1) is 11.6 Å². The first kappa shape index (κ1) is 12.6. The predicted octanol–water partition coefficient (Wildman–Crippen LogP) is 2.57. The van der Waals surface area contributed by atoms with Crippen LogP contribution < -0.4 is 5.73 Å². The number of halogens is 3. The number of fused-ring (bicyclic) bond motifs is 1. The van der Waals surface area contributed by atoms with Crippen LogP contribution >= 0.6 is 15.9 Å². The van der Waals surface area contributed by atoms with E-state index in [1.165, 1.54) is 4.68 Å². The Morgan fingerprint density at radius 2 is 2.11 bits per heavy atom. The SMILES string of the molecule is Nc1nn(-c2cc(F)c(Br)cc2F)c2c1COCC2. The van der Waals surface area contributed by atoms with E-state index in [4.69, 9.17) is 10.5 Å². The number of hydrogen-bond acceptors (Lipinski definition) is 3. The number of nitrogens with zero attached hydrogens (tertiary/aromatic N) is 2. The lowest BCUT2D eigenvalue weighted by atomic mass is 10.1. The number of anilines is 1. The third-order valence-electron chi connectivity index (χ3n) is 3.07. The molecule has 0 unspecified atom stereocenters. The quantitative estimate of drug-likeness (QED) is 0.818. The average Bonchev–Trinajstić information content (AvgIpc) is 2.72. The summed E-state index contributed by atoms with van der Waals surface area (Å²) in [6, 6.07) is 2.18. The topological polar surface area (TPSA) is 53.1 Å². The highest BCUT2D eigenvalue weighted by Gasteiger charge is 2.22. The van der Waals surface area contributed by atoms with Gasteiger partial charge >= 0.3 is 0 Å². The molecule has 1 aromatic heterocycles. The number of aromatic nitrogens is 2. The molecule has 4 nitrogen and oxygen atoms in total. The van der Waals surface area contributed by atoms with Crippen LogP contribution in [-0.2, 0) is 17.8 Å². The molecule has 7 heteroatoms. The van der Waals surface area contributed by atoms with E-state index in [-0.39, 0.29) is 16.0 Å². The first-order valence-corrected chi connectivity index (χ1v) is 6.46. The number of ether oxygens (including phenoxy) is 1. The van der Waals surface area contributed by atoms with Gasteiger partial charge in [0.05, 0.1) is 23.4 Å². The Kier molecular flexibility index (Phi) is 3.02. The highest BCUT2D eigenvalue weighted by Crippen LogP contribution is 2.28. The van der Waals surface area contributed by atoms with Crippen molar-refractivity contribution in [2.24, 2.45) is 0 Å². The lowest BCUT2D eigenvalue weighted by Crippen LogP contribution is -2.14. The zero-order chi connectivity index (χ0) is 13.6. The van der Waals surface area contributed by atoms with Crippen LogP contribution in [0.3, 0.4) is 0 Å². The third kappa shape index (κ3) is 2.02. The number of benzene rings is 1. The second-order valence-electron chi connectivity index (χ2n) is 4.24. The Bertz CT molecular complexity index is 657. The van der Waals surface area contributed by atoms with Gasteiger partial charge in [-0.15, -0.1) is 5.10 Å². The molecule has 1 aliphatic heterocycles. The van der Waals surface area contributed by atoms with Crippen molar-refractivity contribution in [1.29, 1.82) is 0 Å². The van der Waals surface area contributed by atoms with E-state index in [2.05, 4.69) is 21.0 Å². The van der Waals surface area contributed by atoms with E-state index in [1.807, 2.05) is 0 Å². The Morgan fingerprint density at radius 3 is 2.89 bits per heavy atom. The first-order valence-electron chi connectivity index (χ1n) is 5.67. The Hall–Kier alpha value is -1.47. The van der Waals surface area contributed by atoms with Crippen molar-refractivity contribution < 1.29 is 13.5 Å². The van der Waals surface area contributed by atoms with Crippen molar-refractivity contribution in [3.05, 3.63) is 39.5 Å². The number of nitrogens with two attached hydrogens (primary N) is 1. The van der Waals surface area contributed by atoms with Gasteiger partial charge in [-0.25, -0.2) is 13.5 Å². The van der Waals surface area contributed by atoms with Gasteiger partial charge in [-0.2, -0.15) is 0 Å². The van der Waals surface area contributed by atoms with E-state index in [0.717, 1.165) is 23.4 Å². The molecular weight excluding hydrogens is 320 g/mol. The molecule has 1 aliphatic rings. The van der Waals surface area contributed by atoms with E-state index in [9.17, 15) is 8.78 Å². The highest BCUT2D eigenvalue weighted by molar-refractivity contribution is 9.10. The monoisotopic (exact) mass is 329 g/mol. The van der Waals surface area contributed by atoms with Gasteiger partial charge in [0.25, 0.3) is 0 Å². The predicted molar refractivity (Wildman–Crippen MR) is 69.0 cm³/mol. The van der Waals surface area contributed by atoms with Crippen LogP contribution in [0.2, 0.25) is 0 Å². The van der Waals surface area contributed by atoms with Gasteiger partial charge in [0, 0.05) is 18.1 Å². The van der Waals surface area contributed by atoms with Crippen LogP contribution in [0.4, 0.5) is 14.6 Å². The minimum Gasteiger partial charge on any atom is -0.382 e. The van der Waals surface area contributed by atoms with Gasteiger partial charge < -0.3 is 10.5 Å². The average molecular weight is 330 g/mol. The summed E-state index contributed by atoms with van der Waals surface area (Å²) in [5.74, 6) is -0.825. The van der Waals surface area contributed by atoms with Crippen LogP contribution in [-0.4, -0.2) is 16.4 Å². The second-order valence-corrected chi connectivity index (χ2v) is 5.10. The fourth-order valence-corrected chi connectivity index (χ4v) is 2.45. The minimum absolute atomic E-state index is 0.0514. The van der Waals surface area contributed by atoms with Gasteiger partial charge in [0.1, 0.15) is 17.3 Å². The van der Waals surface area contributed by atoms with Crippen molar-refractivity contribution in [3.63, 3.8) is 0 Å². The Balaban J connectivity index is 2.20. The molecule has 2 N–H and O–H groups in total. The lowest BCUT2D eigenvalue weighted by Gasteiger charge is -2.15. The summed E-state index contributed by atoms with van der Waals surface area (Å²) in [4.78, 5) is 0. The van der Waals surface area contributed by atoms with E-state index < -0.39 is 11.6 Å². The normalized spacial score (nSPS) is 14.5. The number of rotatable bonds is 1. The fourth-order valence-electron chi connectivity index (χ4n) is 2.13. The molecule has 2 heterocycles. The molecule has 0 spiro atoms. The maximum atomic E-state index is 14.0. The van der Waals surface area contributed by atoms with Crippen molar-refractivity contribution in [2.45, 2.75) is 13.0 Å². The molecule has 0 fully saturated rings. The van der Waals surface area contributed by atoms with E-state index in [1.54, 1.807) is 0 Å². The summed E-state index contributed by atoms with van der Waals surface area (Å²) in [6.45, 7) is 0.862. The van der Waals surface area contributed by atoms with Crippen molar-refractivity contribution >= 4 is 21.7 Å². The molecule has 0 saturated carbocycles. The van der Waals surface area contributed by atoms with Crippen LogP contribution in [0.5, 0.6) is 0 Å². The largest absolute Gasteiger partial charge is 0.382 e. The maximum Gasteiger partial charge on any atom is 0.151 e. The first-order chi connectivity index (χ1) is 9.08. The van der Waals surface area contributed by atoms with Crippen LogP contribution in [0.15, 0.2) is 16.6 Å². The highest BCUT2D eigenvalue weighted by atomic mass is 79.9. The van der Waals surface area contributed by atoms with Gasteiger partial charge in [0.2, 0.25) is 0 Å². The molecule has 1 aromatic carbocycles. The summed E-state index contributed by atoms with van der Waals surface area (Å²) in [5, 5.41) is 4.09. The molecule has 0 aliphatic carbocycles. The zero-order valence-electron chi connectivity index (χ0n) is 9.79. The van der Waals surface area contributed by atoms with Crippen LogP contribution in [0.25, 0.3) is 5.69 Å². The summed E-state index contributed by atoms with van der Waals surface area (Å²) in [6.07, 6.45) is 0.566. The van der Waals surface area contributed by atoms with E-state index in [0.29, 0.717) is 19.6 Å². The van der Waals surface area contributed by atoms with Crippen molar-refractivity contribution in [3.8, 4) is 5.69 Å². The Labute approximate surface area is 116 Å². The molecule has 100 valence electrons. The number of hydrogen-bond donors (Lipinski definition) is 1. The standard InChI is InChI=1S/C12H10BrF2N3O/c13-7-3-9(15)11(4-8(7)14)18-10-1-2-19-5-6(10)12(16)17-18/h3-4H,1-2,5H2,(H2,16,17). The van der Waals surface area contributed by atoms with Crippen LogP contribution in [0.1, 0.15) is 11.3 Å². The summed E-state index contributed by atoms with van der Waals surface area (Å²) >= 11 is 2.94. The molecule has 19 heavy (non-hydrogen) atoms. The van der Waals surface area contributed by atoms with E-state index >= 15 is 0 Å². The smallest absolute Gasteiger partial charge is 0.151 e. The molecule has 0 saturated heterocycles. The van der Waals surface area contributed by atoms with Gasteiger partial charge in [0.15, 0.2) is 5.82 Å². The summed E-state index contributed by atoms with van der Waals surface area (Å²) in [5.41, 5.74) is 7.34. The molecule has 0 amide bonds. The Morgan fingerprint density at radius 1 is 1.32 bits per heavy atom. The lowest BCUT2D eigenvalue weighted by molar-refractivity contribution is 0.110. The van der Waals surface area contributed by atoms with Gasteiger partial charge in [-0.05, 0) is 22.0 Å².